The molecule has 2 heterocycles. The SMILES string of the molecule is Cc1cc(C(=O)Nc2ccnc(Cl)c2)c2ccccc2n1. The zero-order valence-corrected chi connectivity index (χ0v) is 12.1. The van der Waals surface area contributed by atoms with Gasteiger partial charge in [-0.05, 0) is 31.2 Å². The number of pyridine rings is 2. The van der Waals surface area contributed by atoms with E-state index in [2.05, 4.69) is 15.3 Å². The molecule has 1 amide bonds. The molecule has 5 heteroatoms. The van der Waals surface area contributed by atoms with Gasteiger partial charge in [-0.3, -0.25) is 9.78 Å². The van der Waals surface area contributed by atoms with E-state index in [0.29, 0.717) is 16.4 Å². The minimum Gasteiger partial charge on any atom is -0.322 e. The number of carbonyl (C=O) groups excluding carboxylic acids is 1. The Kier molecular flexibility index (Phi) is 3.54. The number of hydrogen-bond acceptors (Lipinski definition) is 3. The molecule has 3 rings (SSSR count). The summed E-state index contributed by atoms with van der Waals surface area (Å²) >= 11 is 5.82. The van der Waals surface area contributed by atoms with Crippen molar-refractivity contribution in [3.63, 3.8) is 0 Å². The first-order valence-corrected chi connectivity index (χ1v) is 6.80. The maximum absolute atomic E-state index is 12.5. The number of aryl methyl sites for hydroxylation is 1. The lowest BCUT2D eigenvalue weighted by Crippen LogP contribution is -2.13. The lowest BCUT2D eigenvalue weighted by atomic mass is 10.1. The van der Waals surface area contributed by atoms with Gasteiger partial charge in [0.1, 0.15) is 5.15 Å². The van der Waals surface area contributed by atoms with Crippen molar-refractivity contribution in [3.8, 4) is 0 Å². The van der Waals surface area contributed by atoms with Crippen molar-refractivity contribution in [1.82, 2.24) is 9.97 Å². The van der Waals surface area contributed by atoms with Gasteiger partial charge in [-0.25, -0.2) is 4.98 Å². The second kappa shape index (κ2) is 5.50. The zero-order valence-electron chi connectivity index (χ0n) is 11.3. The highest BCUT2D eigenvalue weighted by molar-refractivity contribution is 6.29. The number of halogens is 1. The Balaban J connectivity index is 2.02. The topological polar surface area (TPSA) is 54.9 Å². The summed E-state index contributed by atoms with van der Waals surface area (Å²) in [5.41, 5.74) is 2.80. The second-order valence-electron chi connectivity index (χ2n) is 4.65. The summed E-state index contributed by atoms with van der Waals surface area (Å²) in [6.07, 6.45) is 1.55. The van der Waals surface area contributed by atoms with Gasteiger partial charge < -0.3 is 5.32 Å². The highest BCUT2D eigenvalue weighted by atomic mass is 35.5. The maximum atomic E-state index is 12.5. The van der Waals surface area contributed by atoms with E-state index in [-0.39, 0.29) is 5.91 Å². The summed E-state index contributed by atoms with van der Waals surface area (Å²) < 4.78 is 0. The molecule has 2 aromatic heterocycles. The lowest BCUT2D eigenvalue weighted by Gasteiger charge is -2.09. The van der Waals surface area contributed by atoms with E-state index >= 15 is 0 Å². The van der Waals surface area contributed by atoms with Crippen LogP contribution in [0.15, 0.2) is 48.7 Å². The fourth-order valence-corrected chi connectivity index (χ4v) is 2.35. The number of carbonyl (C=O) groups is 1. The number of amides is 1. The normalized spacial score (nSPS) is 10.6. The molecule has 3 aromatic rings. The number of anilines is 1. The van der Waals surface area contributed by atoms with Crippen LogP contribution in [0.5, 0.6) is 0 Å². The molecule has 0 saturated heterocycles. The number of para-hydroxylation sites is 1. The van der Waals surface area contributed by atoms with E-state index in [1.54, 1.807) is 24.4 Å². The Morgan fingerprint density at radius 3 is 2.81 bits per heavy atom. The molecule has 1 aromatic carbocycles. The third-order valence-corrected chi connectivity index (χ3v) is 3.28. The monoisotopic (exact) mass is 297 g/mol. The molecule has 0 radical (unpaired) electrons. The van der Waals surface area contributed by atoms with Gasteiger partial charge in [0.2, 0.25) is 0 Å². The Bertz CT molecular complexity index is 833. The summed E-state index contributed by atoms with van der Waals surface area (Å²) in [5.74, 6) is -0.195. The Morgan fingerprint density at radius 2 is 2.00 bits per heavy atom. The second-order valence-corrected chi connectivity index (χ2v) is 5.04. The van der Waals surface area contributed by atoms with Crippen LogP contribution in [0.4, 0.5) is 5.69 Å². The van der Waals surface area contributed by atoms with Crippen LogP contribution in [0.1, 0.15) is 16.1 Å². The summed E-state index contributed by atoms with van der Waals surface area (Å²) in [5, 5.41) is 3.98. The molecular formula is C16H12ClN3O. The fourth-order valence-electron chi connectivity index (χ4n) is 2.17. The number of nitrogens with zero attached hydrogens (tertiary/aromatic N) is 2. The van der Waals surface area contributed by atoms with Crippen LogP contribution < -0.4 is 5.32 Å². The highest BCUT2D eigenvalue weighted by Gasteiger charge is 2.12. The van der Waals surface area contributed by atoms with Crippen molar-refractivity contribution in [3.05, 3.63) is 65.1 Å². The zero-order chi connectivity index (χ0) is 14.8. The molecule has 0 aliphatic rings. The number of rotatable bonds is 2. The number of aromatic nitrogens is 2. The average Bonchev–Trinajstić information content (AvgIpc) is 2.46. The predicted molar refractivity (Wildman–Crippen MR) is 83.7 cm³/mol. The van der Waals surface area contributed by atoms with Crippen molar-refractivity contribution < 1.29 is 4.79 Å². The van der Waals surface area contributed by atoms with Gasteiger partial charge in [0.05, 0.1) is 11.1 Å². The van der Waals surface area contributed by atoms with Gasteiger partial charge in [0.15, 0.2) is 0 Å². The molecule has 0 atom stereocenters. The predicted octanol–water partition coefficient (Wildman–Crippen LogP) is 3.84. The molecular weight excluding hydrogens is 286 g/mol. The van der Waals surface area contributed by atoms with Gasteiger partial charge in [0, 0.05) is 23.0 Å². The van der Waals surface area contributed by atoms with Crippen molar-refractivity contribution in [2.75, 3.05) is 5.32 Å². The first-order chi connectivity index (χ1) is 10.1. The Hall–Kier alpha value is -2.46. The molecule has 0 saturated carbocycles. The molecule has 0 unspecified atom stereocenters. The van der Waals surface area contributed by atoms with Crippen LogP contribution in [0.25, 0.3) is 10.9 Å². The molecule has 4 nitrogen and oxygen atoms in total. The van der Waals surface area contributed by atoms with Gasteiger partial charge in [-0.1, -0.05) is 29.8 Å². The number of nitrogens with one attached hydrogen (secondary N) is 1. The molecule has 0 fully saturated rings. The molecule has 0 aliphatic heterocycles. The van der Waals surface area contributed by atoms with Gasteiger partial charge in [-0.15, -0.1) is 0 Å². The smallest absolute Gasteiger partial charge is 0.256 e. The minimum atomic E-state index is -0.195. The summed E-state index contributed by atoms with van der Waals surface area (Å²) in [6.45, 7) is 1.87. The van der Waals surface area contributed by atoms with Crippen LogP contribution in [-0.4, -0.2) is 15.9 Å². The van der Waals surface area contributed by atoms with Crippen LogP contribution in [0, 0.1) is 6.92 Å². The summed E-state index contributed by atoms with van der Waals surface area (Å²) in [4.78, 5) is 20.8. The first kappa shape index (κ1) is 13.5. The third-order valence-electron chi connectivity index (χ3n) is 3.07. The van der Waals surface area contributed by atoms with Crippen LogP contribution in [0.3, 0.4) is 0 Å². The van der Waals surface area contributed by atoms with E-state index in [0.717, 1.165) is 16.6 Å². The first-order valence-electron chi connectivity index (χ1n) is 6.43. The number of benzene rings is 1. The van der Waals surface area contributed by atoms with Crippen molar-refractivity contribution >= 4 is 34.1 Å². The summed E-state index contributed by atoms with van der Waals surface area (Å²) in [7, 11) is 0. The average molecular weight is 298 g/mol. The van der Waals surface area contributed by atoms with E-state index < -0.39 is 0 Å². The van der Waals surface area contributed by atoms with E-state index in [1.165, 1.54) is 0 Å². The van der Waals surface area contributed by atoms with Crippen molar-refractivity contribution in [2.24, 2.45) is 0 Å². The molecule has 1 N–H and O–H groups in total. The summed E-state index contributed by atoms with van der Waals surface area (Å²) in [6, 6.07) is 12.6. The van der Waals surface area contributed by atoms with E-state index in [1.807, 2.05) is 31.2 Å². The molecule has 104 valence electrons. The molecule has 0 bridgehead atoms. The van der Waals surface area contributed by atoms with Gasteiger partial charge >= 0.3 is 0 Å². The molecule has 0 aliphatic carbocycles. The Morgan fingerprint density at radius 1 is 1.19 bits per heavy atom. The Labute approximate surface area is 126 Å². The van der Waals surface area contributed by atoms with Crippen LogP contribution >= 0.6 is 11.6 Å². The lowest BCUT2D eigenvalue weighted by molar-refractivity contribution is 0.102. The largest absolute Gasteiger partial charge is 0.322 e. The van der Waals surface area contributed by atoms with Crippen molar-refractivity contribution in [2.45, 2.75) is 6.92 Å². The third kappa shape index (κ3) is 2.85. The molecule has 21 heavy (non-hydrogen) atoms. The quantitative estimate of drug-likeness (QED) is 0.731. The standard InChI is InChI=1S/C16H12ClN3O/c1-10-8-13(12-4-2-3-5-14(12)19-10)16(21)20-11-6-7-18-15(17)9-11/h2-9H,1H3,(H,18,20,21). The van der Waals surface area contributed by atoms with Gasteiger partial charge in [0.25, 0.3) is 5.91 Å². The van der Waals surface area contributed by atoms with Crippen LogP contribution in [0.2, 0.25) is 5.15 Å². The number of hydrogen-bond donors (Lipinski definition) is 1. The fraction of sp³-hybridized carbons (Fsp3) is 0.0625. The maximum Gasteiger partial charge on any atom is 0.256 e. The van der Waals surface area contributed by atoms with Crippen molar-refractivity contribution in [1.29, 1.82) is 0 Å². The highest BCUT2D eigenvalue weighted by Crippen LogP contribution is 2.20. The van der Waals surface area contributed by atoms with E-state index in [9.17, 15) is 4.79 Å². The molecule has 0 spiro atoms. The number of fused-ring (bicyclic) bond motifs is 1. The van der Waals surface area contributed by atoms with Crippen LogP contribution in [-0.2, 0) is 0 Å². The minimum absolute atomic E-state index is 0.195. The van der Waals surface area contributed by atoms with E-state index in [4.69, 9.17) is 11.6 Å². The van der Waals surface area contributed by atoms with Gasteiger partial charge in [-0.2, -0.15) is 0 Å².